The Hall–Kier alpha value is -1.89. The van der Waals surface area contributed by atoms with Gasteiger partial charge >= 0.3 is 6.18 Å². The topological polar surface area (TPSA) is 30.7 Å². The van der Waals surface area contributed by atoms with Crippen molar-refractivity contribution in [3.63, 3.8) is 0 Å². The van der Waals surface area contributed by atoms with E-state index in [1.54, 1.807) is 11.6 Å². The Bertz CT molecular complexity index is 877. The van der Waals surface area contributed by atoms with E-state index in [9.17, 15) is 13.2 Å². The SMILES string of the molecule is CCCCn1nc(C)c2c(C(F)(F)F)cc(-c3ccc(C)s3)nc21. The summed E-state index contributed by atoms with van der Waals surface area (Å²) in [6, 6.07) is 4.85. The van der Waals surface area contributed by atoms with Crippen LogP contribution in [0.5, 0.6) is 0 Å². The molecule has 24 heavy (non-hydrogen) atoms. The third kappa shape index (κ3) is 3.05. The van der Waals surface area contributed by atoms with Gasteiger partial charge in [0, 0.05) is 11.4 Å². The molecule has 3 aromatic heterocycles. The molecular formula is C17H18F3N3S. The summed E-state index contributed by atoms with van der Waals surface area (Å²) in [6.45, 7) is 6.13. The molecular weight excluding hydrogens is 335 g/mol. The molecule has 0 atom stereocenters. The van der Waals surface area contributed by atoms with Gasteiger partial charge in [0.25, 0.3) is 0 Å². The second-order valence-electron chi connectivity index (χ2n) is 5.82. The molecule has 0 aliphatic carbocycles. The number of aromatic nitrogens is 3. The average molecular weight is 353 g/mol. The maximum atomic E-state index is 13.6. The molecule has 0 radical (unpaired) electrons. The van der Waals surface area contributed by atoms with Crippen molar-refractivity contribution in [1.82, 2.24) is 14.8 Å². The standard InChI is InChI=1S/C17H18F3N3S/c1-4-5-8-23-16-15(11(3)22-23)12(17(18,19)20)9-13(21-16)14-7-6-10(2)24-14/h6-7,9H,4-5,8H2,1-3H3. The van der Waals surface area contributed by atoms with E-state index in [0.29, 0.717) is 23.6 Å². The Kier molecular flexibility index (Phi) is 4.38. The molecule has 3 nitrogen and oxygen atoms in total. The van der Waals surface area contributed by atoms with Crippen molar-refractivity contribution in [1.29, 1.82) is 0 Å². The number of hydrogen-bond donors (Lipinski definition) is 0. The van der Waals surface area contributed by atoms with E-state index in [0.717, 1.165) is 28.7 Å². The van der Waals surface area contributed by atoms with Crippen molar-refractivity contribution in [2.24, 2.45) is 0 Å². The first-order valence-electron chi connectivity index (χ1n) is 7.83. The quantitative estimate of drug-likeness (QED) is 0.612. The fourth-order valence-electron chi connectivity index (χ4n) is 2.74. The lowest BCUT2D eigenvalue weighted by Crippen LogP contribution is -2.08. The van der Waals surface area contributed by atoms with Crippen LogP contribution >= 0.6 is 11.3 Å². The summed E-state index contributed by atoms with van der Waals surface area (Å²) in [5.41, 5.74) is 0.381. The van der Waals surface area contributed by atoms with E-state index < -0.39 is 11.7 Å². The molecule has 3 rings (SSSR count). The van der Waals surface area contributed by atoms with Crippen LogP contribution in [0.25, 0.3) is 21.6 Å². The maximum absolute atomic E-state index is 13.6. The average Bonchev–Trinajstić information content (AvgIpc) is 3.08. The van der Waals surface area contributed by atoms with E-state index in [1.807, 2.05) is 26.0 Å². The number of alkyl halides is 3. The lowest BCUT2D eigenvalue weighted by Gasteiger charge is -2.11. The molecule has 7 heteroatoms. The second kappa shape index (κ2) is 6.20. The Labute approximate surface area is 142 Å². The van der Waals surface area contributed by atoms with Crippen LogP contribution in [0, 0.1) is 13.8 Å². The van der Waals surface area contributed by atoms with Crippen LogP contribution < -0.4 is 0 Å². The largest absolute Gasteiger partial charge is 0.417 e. The van der Waals surface area contributed by atoms with E-state index >= 15 is 0 Å². The summed E-state index contributed by atoms with van der Waals surface area (Å²) in [7, 11) is 0. The van der Waals surface area contributed by atoms with Gasteiger partial charge in [-0.15, -0.1) is 11.3 Å². The third-order valence-corrected chi connectivity index (χ3v) is 4.92. The minimum absolute atomic E-state index is 0.107. The molecule has 3 heterocycles. The van der Waals surface area contributed by atoms with Crippen molar-refractivity contribution in [2.45, 2.75) is 46.3 Å². The molecule has 0 bridgehead atoms. The van der Waals surface area contributed by atoms with Crippen molar-refractivity contribution >= 4 is 22.4 Å². The van der Waals surface area contributed by atoms with Gasteiger partial charge in [0.1, 0.15) is 0 Å². The van der Waals surface area contributed by atoms with Gasteiger partial charge in [0.15, 0.2) is 5.65 Å². The van der Waals surface area contributed by atoms with Crippen molar-refractivity contribution < 1.29 is 13.2 Å². The van der Waals surface area contributed by atoms with Crippen LogP contribution in [-0.2, 0) is 12.7 Å². The Morgan fingerprint density at radius 2 is 1.96 bits per heavy atom. The van der Waals surface area contributed by atoms with Crippen LogP contribution in [-0.4, -0.2) is 14.8 Å². The van der Waals surface area contributed by atoms with Crippen LogP contribution in [0.3, 0.4) is 0 Å². The zero-order valence-corrected chi connectivity index (χ0v) is 14.6. The molecule has 0 amide bonds. The van der Waals surface area contributed by atoms with Gasteiger partial charge in [-0.05, 0) is 38.5 Å². The molecule has 0 unspecified atom stereocenters. The van der Waals surface area contributed by atoms with Gasteiger partial charge in [0.05, 0.1) is 27.2 Å². The summed E-state index contributed by atoms with van der Waals surface area (Å²) >= 11 is 1.44. The number of unbranched alkanes of at least 4 members (excludes halogenated alkanes) is 1. The molecule has 0 fully saturated rings. The normalized spacial score (nSPS) is 12.2. The van der Waals surface area contributed by atoms with Crippen LogP contribution in [0.2, 0.25) is 0 Å². The number of hydrogen-bond acceptors (Lipinski definition) is 3. The van der Waals surface area contributed by atoms with Crippen LogP contribution in [0.15, 0.2) is 18.2 Å². The molecule has 3 aromatic rings. The fourth-order valence-corrected chi connectivity index (χ4v) is 3.57. The highest BCUT2D eigenvalue weighted by Gasteiger charge is 2.35. The summed E-state index contributed by atoms with van der Waals surface area (Å²) < 4.78 is 42.4. The summed E-state index contributed by atoms with van der Waals surface area (Å²) in [5.74, 6) is 0. The molecule has 128 valence electrons. The Morgan fingerprint density at radius 3 is 2.54 bits per heavy atom. The van der Waals surface area contributed by atoms with Crippen molar-refractivity contribution in [3.8, 4) is 10.6 Å². The van der Waals surface area contributed by atoms with Gasteiger partial charge in [-0.2, -0.15) is 18.3 Å². The van der Waals surface area contributed by atoms with Crippen LogP contribution in [0.4, 0.5) is 13.2 Å². The summed E-state index contributed by atoms with van der Waals surface area (Å²) in [5, 5.41) is 4.41. The predicted octanol–water partition coefficient (Wildman–Crippen LogP) is 5.60. The van der Waals surface area contributed by atoms with Gasteiger partial charge in [-0.25, -0.2) is 9.67 Å². The number of halogens is 3. The molecule has 0 aliphatic rings. The van der Waals surface area contributed by atoms with E-state index in [1.165, 1.54) is 11.3 Å². The van der Waals surface area contributed by atoms with Crippen molar-refractivity contribution in [2.75, 3.05) is 0 Å². The number of nitrogens with zero attached hydrogens (tertiary/aromatic N) is 3. The highest BCUT2D eigenvalue weighted by molar-refractivity contribution is 7.15. The first-order valence-corrected chi connectivity index (χ1v) is 8.65. The van der Waals surface area contributed by atoms with Gasteiger partial charge in [-0.1, -0.05) is 13.3 Å². The molecule has 0 aliphatic heterocycles. The zero-order valence-electron chi connectivity index (χ0n) is 13.7. The minimum atomic E-state index is -4.44. The number of fused-ring (bicyclic) bond motifs is 1. The first-order chi connectivity index (χ1) is 11.3. The predicted molar refractivity (Wildman–Crippen MR) is 90.2 cm³/mol. The van der Waals surface area contributed by atoms with Gasteiger partial charge in [-0.3, -0.25) is 0 Å². The lowest BCUT2D eigenvalue weighted by molar-refractivity contribution is -0.136. The molecule has 0 spiro atoms. The molecule has 0 aromatic carbocycles. The Balaban J connectivity index is 2.28. The number of thiophene rings is 1. The highest BCUT2D eigenvalue weighted by Crippen LogP contribution is 2.39. The first kappa shape index (κ1) is 17.0. The minimum Gasteiger partial charge on any atom is -0.247 e. The molecule has 0 saturated carbocycles. The van der Waals surface area contributed by atoms with E-state index in [-0.39, 0.29) is 5.39 Å². The third-order valence-electron chi connectivity index (χ3n) is 3.90. The highest BCUT2D eigenvalue weighted by atomic mass is 32.1. The van der Waals surface area contributed by atoms with E-state index in [2.05, 4.69) is 10.1 Å². The van der Waals surface area contributed by atoms with Crippen LogP contribution in [0.1, 0.15) is 35.9 Å². The van der Waals surface area contributed by atoms with Crippen molar-refractivity contribution in [3.05, 3.63) is 34.3 Å². The van der Waals surface area contributed by atoms with E-state index in [4.69, 9.17) is 0 Å². The molecule has 0 N–H and O–H groups in total. The Morgan fingerprint density at radius 1 is 1.21 bits per heavy atom. The van der Waals surface area contributed by atoms with Gasteiger partial charge in [0.2, 0.25) is 0 Å². The monoisotopic (exact) mass is 353 g/mol. The summed E-state index contributed by atoms with van der Waals surface area (Å²) in [6.07, 6.45) is -2.65. The summed E-state index contributed by atoms with van der Waals surface area (Å²) in [4.78, 5) is 6.29. The fraction of sp³-hybridized carbons (Fsp3) is 0.412. The smallest absolute Gasteiger partial charge is 0.247 e. The zero-order chi connectivity index (χ0) is 17.5. The number of rotatable bonds is 4. The lowest BCUT2D eigenvalue weighted by atomic mass is 10.1. The number of aryl methyl sites for hydroxylation is 3. The molecule has 0 saturated heterocycles. The maximum Gasteiger partial charge on any atom is 0.417 e. The number of pyridine rings is 1. The second-order valence-corrected chi connectivity index (χ2v) is 7.11. The van der Waals surface area contributed by atoms with Gasteiger partial charge < -0.3 is 0 Å².